The molecule has 0 saturated heterocycles. The number of aromatic nitrogens is 1. The van der Waals surface area contributed by atoms with Crippen LogP contribution in [0.5, 0.6) is 5.75 Å². The number of aryl methyl sites for hydroxylation is 2. The van der Waals surface area contributed by atoms with Gasteiger partial charge in [-0.15, -0.1) is 0 Å². The standard InChI is InChI=1S/C20H23N3O2/c1-13-17(16-8-9-21-10-15(16)11-22-13)12-23-20(24)19-7-6-14-4-2-3-5-18(14)25-19/h2-5,11,19,21H,6-10,12H2,1H3,(H,23,24)/t19-/m0/s1. The Balaban J connectivity index is 1.45. The van der Waals surface area contributed by atoms with Crippen LogP contribution in [0.15, 0.2) is 30.5 Å². The number of hydrogen-bond acceptors (Lipinski definition) is 4. The molecule has 0 saturated carbocycles. The molecule has 0 aliphatic carbocycles. The molecular formula is C20H23N3O2. The van der Waals surface area contributed by atoms with Gasteiger partial charge in [-0.25, -0.2) is 0 Å². The molecule has 2 aliphatic rings. The van der Waals surface area contributed by atoms with Gasteiger partial charge in [-0.05, 0) is 61.1 Å². The lowest BCUT2D eigenvalue weighted by molar-refractivity contribution is -0.128. The number of carbonyl (C=O) groups is 1. The van der Waals surface area contributed by atoms with Crippen LogP contribution in [0.3, 0.4) is 0 Å². The van der Waals surface area contributed by atoms with E-state index in [9.17, 15) is 4.79 Å². The summed E-state index contributed by atoms with van der Waals surface area (Å²) in [5.41, 5.74) is 5.90. The highest BCUT2D eigenvalue weighted by Crippen LogP contribution is 2.27. The minimum Gasteiger partial charge on any atom is -0.480 e. The molecule has 0 unspecified atom stereocenters. The summed E-state index contributed by atoms with van der Waals surface area (Å²) < 4.78 is 5.89. The van der Waals surface area contributed by atoms with Crippen molar-refractivity contribution in [1.82, 2.24) is 15.6 Å². The quantitative estimate of drug-likeness (QED) is 0.900. The third kappa shape index (κ3) is 3.24. The van der Waals surface area contributed by atoms with Gasteiger partial charge in [0.25, 0.3) is 5.91 Å². The van der Waals surface area contributed by atoms with Gasteiger partial charge in [0.2, 0.25) is 0 Å². The number of carbonyl (C=O) groups excluding carboxylic acids is 1. The Hall–Kier alpha value is -2.40. The van der Waals surface area contributed by atoms with Crippen molar-refractivity contribution in [2.75, 3.05) is 6.54 Å². The molecule has 5 heteroatoms. The van der Waals surface area contributed by atoms with E-state index in [1.807, 2.05) is 31.3 Å². The predicted octanol–water partition coefficient (Wildman–Crippen LogP) is 2.05. The van der Waals surface area contributed by atoms with Gasteiger partial charge < -0.3 is 15.4 Å². The van der Waals surface area contributed by atoms with Crippen LogP contribution < -0.4 is 15.4 Å². The van der Waals surface area contributed by atoms with Gasteiger partial charge >= 0.3 is 0 Å². The number of hydrogen-bond donors (Lipinski definition) is 2. The molecule has 4 rings (SSSR count). The monoisotopic (exact) mass is 337 g/mol. The number of amides is 1. The fourth-order valence-corrected chi connectivity index (χ4v) is 3.68. The second-order valence-electron chi connectivity index (χ2n) is 6.72. The zero-order chi connectivity index (χ0) is 17.2. The first kappa shape index (κ1) is 16.1. The highest BCUT2D eigenvalue weighted by Gasteiger charge is 2.26. The largest absolute Gasteiger partial charge is 0.480 e. The molecule has 2 aromatic rings. The Morgan fingerprint density at radius 3 is 3.12 bits per heavy atom. The van der Waals surface area contributed by atoms with Gasteiger partial charge in [0.1, 0.15) is 5.75 Å². The molecule has 0 radical (unpaired) electrons. The average Bonchev–Trinajstić information content (AvgIpc) is 2.66. The number of nitrogens with zero attached hydrogens (tertiary/aromatic N) is 1. The summed E-state index contributed by atoms with van der Waals surface area (Å²) in [6, 6.07) is 7.94. The summed E-state index contributed by atoms with van der Waals surface area (Å²) in [7, 11) is 0. The second kappa shape index (κ2) is 6.84. The first-order chi connectivity index (χ1) is 12.2. The molecule has 2 N–H and O–H groups in total. The number of fused-ring (bicyclic) bond motifs is 2. The lowest BCUT2D eigenvalue weighted by Crippen LogP contribution is -2.40. The first-order valence-electron chi connectivity index (χ1n) is 8.91. The fourth-order valence-electron chi connectivity index (χ4n) is 3.68. The van der Waals surface area contributed by atoms with E-state index < -0.39 is 6.10 Å². The Bertz CT molecular complexity index is 804. The zero-order valence-corrected chi connectivity index (χ0v) is 14.5. The Kier molecular flexibility index (Phi) is 4.40. The van der Waals surface area contributed by atoms with E-state index in [0.717, 1.165) is 49.4 Å². The number of pyridine rings is 1. The summed E-state index contributed by atoms with van der Waals surface area (Å²) >= 11 is 0. The lowest BCUT2D eigenvalue weighted by Gasteiger charge is -2.26. The first-order valence-corrected chi connectivity index (χ1v) is 8.91. The summed E-state index contributed by atoms with van der Waals surface area (Å²) in [6.07, 6.45) is 4.11. The van der Waals surface area contributed by atoms with Crippen molar-refractivity contribution in [2.45, 2.75) is 45.4 Å². The van der Waals surface area contributed by atoms with Gasteiger partial charge in [-0.2, -0.15) is 0 Å². The van der Waals surface area contributed by atoms with Crippen LogP contribution in [0, 0.1) is 6.92 Å². The van der Waals surface area contributed by atoms with E-state index in [0.29, 0.717) is 6.54 Å². The highest BCUT2D eigenvalue weighted by atomic mass is 16.5. The summed E-state index contributed by atoms with van der Waals surface area (Å²) in [6.45, 7) is 4.35. The van der Waals surface area contributed by atoms with Gasteiger partial charge in [0, 0.05) is 25.0 Å². The minimum absolute atomic E-state index is 0.0413. The summed E-state index contributed by atoms with van der Waals surface area (Å²) in [4.78, 5) is 17.1. The molecule has 1 amide bonds. The number of rotatable bonds is 3. The average molecular weight is 337 g/mol. The number of benzene rings is 1. The molecule has 1 atom stereocenters. The topological polar surface area (TPSA) is 63.2 Å². The van der Waals surface area contributed by atoms with E-state index in [2.05, 4.69) is 21.7 Å². The summed E-state index contributed by atoms with van der Waals surface area (Å²) in [5.74, 6) is 0.787. The SMILES string of the molecule is Cc1ncc2c(c1CNC(=O)[C@@H]1CCc3ccccc3O1)CCNC2. The normalized spacial score (nSPS) is 18.7. The van der Waals surface area contributed by atoms with E-state index >= 15 is 0 Å². The minimum atomic E-state index is -0.413. The number of nitrogens with one attached hydrogen (secondary N) is 2. The molecule has 5 nitrogen and oxygen atoms in total. The lowest BCUT2D eigenvalue weighted by atomic mass is 9.96. The van der Waals surface area contributed by atoms with Crippen LogP contribution in [0.4, 0.5) is 0 Å². The Morgan fingerprint density at radius 1 is 1.32 bits per heavy atom. The van der Waals surface area contributed by atoms with Crippen molar-refractivity contribution in [1.29, 1.82) is 0 Å². The number of para-hydroxylation sites is 1. The highest BCUT2D eigenvalue weighted by molar-refractivity contribution is 5.81. The summed E-state index contributed by atoms with van der Waals surface area (Å²) in [5, 5.41) is 6.43. The van der Waals surface area contributed by atoms with Gasteiger partial charge in [-0.1, -0.05) is 18.2 Å². The second-order valence-corrected chi connectivity index (χ2v) is 6.72. The fraction of sp³-hybridized carbons (Fsp3) is 0.400. The van der Waals surface area contributed by atoms with Crippen molar-refractivity contribution in [3.05, 3.63) is 58.4 Å². The smallest absolute Gasteiger partial charge is 0.261 e. The van der Waals surface area contributed by atoms with Crippen molar-refractivity contribution in [3.8, 4) is 5.75 Å². The molecule has 0 bridgehead atoms. The maximum absolute atomic E-state index is 12.6. The molecule has 25 heavy (non-hydrogen) atoms. The molecule has 0 fully saturated rings. The van der Waals surface area contributed by atoms with Crippen LogP contribution in [-0.2, 0) is 30.7 Å². The zero-order valence-electron chi connectivity index (χ0n) is 14.5. The molecule has 0 spiro atoms. The van der Waals surface area contributed by atoms with E-state index in [1.165, 1.54) is 16.7 Å². The van der Waals surface area contributed by atoms with Crippen LogP contribution in [0.1, 0.15) is 34.4 Å². The van der Waals surface area contributed by atoms with Gasteiger partial charge in [-0.3, -0.25) is 9.78 Å². The maximum Gasteiger partial charge on any atom is 0.261 e. The Labute approximate surface area is 147 Å². The molecular weight excluding hydrogens is 314 g/mol. The molecule has 1 aromatic carbocycles. The molecule has 2 aliphatic heterocycles. The molecule has 130 valence electrons. The van der Waals surface area contributed by atoms with Crippen LogP contribution in [0.25, 0.3) is 0 Å². The van der Waals surface area contributed by atoms with Crippen molar-refractivity contribution in [2.24, 2.45) is 0 Å². The third-order valence-electron chi connectivity index (χ3n) is 5.12. The van der Waals surface area contributed by atoms with Crippen molar-refractivity contribution < 1.29 is 9.53 Å². The van der Waals surface area contributed by atoms with Crippen LogP contribution in [0.2, 0.25) is 0 Å². The maximum atomic E-state index is 12.6. The van der Waals surface area contributed by atoms with Crippen LogP contribution in [-0.4, -0.2) is 23.5 Å². The molecule has 1 aromatic heterocycles. The van der Waals surface area contributed by atoms with Crippen molar-refractivity contribution >= 4 is 5.91 Å². The Morgan fingerprint density at radius 2 is 2.20 bits per heavy atom. The van der Waals surface area contributed by atoms with Crippen molar-refractivity contribution in [3.63, 3.8) is 0 Å². The van der Waals surface area contributed by atoms with Gasteiger partial charge in [0.05, 0.1) is 0 Å². The van der Waals surface area contributed by atoms with E-state index in [-0.39, 0.29) is 5.91 Å². The van der Waals surface area contributed by atoms with Gasteiger partial charge in [0.15, 0.2) is 6.10 Å². The third-order valence-corrected chi connectivity index (χ3v) is 5.12. The number of ether oxygens (including phenoxy) is 1. The molecule has 3 heterocycles. The van der Waals surface area contributed by atoms with Crippen LogP contribution >= 0.6 is 0 Å². The van der Waals surface area contributed by atoms with E-state index in [4.69, 9.17) is 4.74 Å². The predicted molar refractivity (Wildman–Crippen MR) is 95.4 cm³/mol. The van der Waals surface area contributed by atoms with E-state index in [1.54, 1.807) is 0 Å².